The van der Waals surface area contributed by atoms with Crippen molar-refractivity contribution in [1.29, 1.82) is 0 Å². The molecule has 0 rings (SSSR count). The van der Waals surface area contributed by atoms with Gasteiger partial charge in [-0.3, -0.25) is 9.36 Å². The molecule has 0 saturated heterocycles. The lowest BCUT2D eigenvalue weighted by Crippen LogP contribution is -2.28. The third kappa shape index (κ3) is 3.89. The quantitative estimate of drug-likeness (QED) is 0.535. The Balaban J connectivity index is 4.58. The van der Waals surface area contributed by atoms with E-state index in [4.69, 9.17) is 4.74 Å². The molecule has 0 heterocycles. The second-order valence-electron chi connectivity index (χ2n) is 3.78. The van der Waals surface area contributed by atoms with Crippen molar-refractivity contribution >= 4 is 13.6 Å². The standard InChI is InChI=1S/C10H21O5P/c1-4-10(5-2,16(12,13)14)8-7-9(11)15-6-3/h4-8H2,1-3H3,(H2,12,13,14). The van der Waals surface area contributed by atoms with Crippen molar-refractivity contribution in [1.82, 2.24) is 0 Å². The molecule has 0 aromatic carbocycles. The average Bonchev–Trinajstić information content (AvgIpc) is 2.18. The number of carbonyl (C=O) groups excluding carboxylic acids is 1. The van der Waals surface area contributed by atoms with Crippen LogP contribution in [-0.2, 0) is 14.1 Å². The Kier molecular flexibility index (Phi) is 6.23. The number of carbonyl (C=O) groups is 1. The van der Waals surface area contributed by atoms with E-state index in [1.807, 2.05) is 0 Å². The highest BCUT2D eigenvalue weighted by atomic mass is 31.2. The molecule has 6 heteroatoms. The minimum absolute atomic E-state index is 0.0562. The van der Waals surface area contributed by atoms with Gasteiger partial charge in [-0.05, 0) is 26.2 Å². The van der Waals surface area contributed by atoms with Crippen molar-refractivity contribution in [2.75, 3.05) is 6.61 Å². The van der Waals surface area contributed by atoms with E-state index in [1.54, 1.807) is 20.8 Å². The maximum absolute atomic E-state index is 11.4. The molecule has 0 aromatic heterocycles. The smallest absolute Gasteiger partial charge is 0.331 e. The van der Waals surface area contributed by atoms with Crippen LogP contribution in [0.2, 0.25) is 0 Å². The Labute approximate surface area is 96.4 Å². The topological polar surface area (TPSA) is 83.8 Å². The zero-order valence-electron chi connectivity index (χ0n) is 10.1. The Morgan fingerprint density at radius 3 is 2.06 bits per heavy atom. The summed E-state index contributed by atoms with van der Waals surface area (Å²) < 4.78 is 16.2. The summed E-state index contributed by atoms with van der Waals surface area (Å²) in [5, 5.41) is -1.08. The zero-order valence-corrected chi connectivity index (χ0v) is 11.0. The van der Waals surface area contributed by atoms with Gasteiger partial charge in [0, 0.05) is 6.42 Å². The van der Waals surface area contributed by atoms with Crippen molar-refractivity contribution in [3.8, 4) is 0 Å². The first-order chi connectivity index (χ1) is 7.33. The van der Waals surface area contributed by atoms with Gasteiger partial charge in [-0.15, -0.1) is 0 Å². The molecule has 96 valence electrons. The van der Waals surface area contributed by atoms with Crippen LogP contribution in [-0.4, -0.2) is 27.5 Å². The van der Waals surface area contributed by atoms with Crippen LogP contribution in [0.4, 0.5) is 0 Å². The van der Waals surface area contributed by atoms with Crippen LogP contribution in [0.25, 0.3) is 0 Å². The summed E-state index contributed by atoms with van der Waals surface area (Å²) in [6, 6.07) is 0. The van der Waals surface area contributed by atoms with Crippen LogP contribution in [0.5, 0.6) is 0 Å². The first kappa shape index (κ1) is 15.6. The number of esters is 1. The van der Waals surface area contributed by atoms with E-state index >= 15 is 0 Å². The molecular weight excluding hydrogens is 231 g/mol. The molecule has 5 nitrogen and oxygen atoms in total. The van der Waals surface area contributed by atoms with Gasteiger partial charge in [0.1, 0.15) is 0 Å². The average molecular weight is 252 g/mol. The highest BCUT2D eigenvalue weighted by Crippen LogP contribution is 2.56. The summed E-state index contributed by atoms with van der Waals surface area (Å²) >= 11 is 0. The molecule has 2 N–H and O–H groups in total. The monoisotopic (exact) mass is 252 g/mol. The highest BCUT2D eigenvalue weighted by Gasteiger charge is 2.43. The highest BCUT2D eigenvalue weighted by molar-refractivity contribution is 7.53. The summed E-state index contributed by atoms with van der Waals surface area (Å²) in [5.74, 6) is -0.401. The fourth-order valence-electron chi connectivity index (χ4n) is 1.73. The van der Waals surface area contributed by atoms with E-state index in [-0.39, 0.29) is 12.8 Å². The Morgan fingerprint density at radius 1 is 1.25 bits per heavy atom. The van der Waals surface area contributed by atoms with Crippen molar-refractivity contribution in [2.45, 2.75) is 51.6 Å². The summed E-state index contributed by atoms with van der Waals surface area (Å²) in [5.41, 5.74) is 0. The van der Waals surface area contributed by atoms with Crippen molar-refractivity contribution in [2.24, 2.45) is 0 Å². The first-order valence-electron chi connectivity index (χ1n) is 5.54. The lowest BCUT2D eigenvalue weighted by atomic mass is 9.96. The Hall–Kier alpha value is -0.380. The van der Waals surface area contributed by atoms with Crippen LogP contribution in [0.15, 0.2) is 0 Å². The van der Waals surface area contributed by atoms with E-state index in [0.717, 1.165) is 0 Å². The molecule has 0 aliphatic heterocycles. The molecular formula is C10H21O5P. The fraction of sp³-hybridized carbons (Fsp3) is 0.900. The minimum atomic E-state index is -4.19. The lowest BCUT2D eigenvalue weighted by Gasteiger charge is -2.31. The van der Waals surface area contributed by atoms with Crippen LogP contribution in [0.3, 0.4) is 0 Å². The molecule has 0 amide bonds. The lowest BCUT2D eigenvalue weighted by molar-refractivity contribution is -0.143. The Bertz CT molecular complexity index is 266. The third-order valence-electron chi connectivity index (χ3n) is 3.03. The summed E-state index contributed by atoms with van der Waals surface area (Å²) in [4.78, 5) is 29.8. The molecule has 16 heavy (non-hydrogen) atoms. The van der Waals surface area contributed by atoms with Crippen molar-refractivity contribution < 1.29 is 23.9 Å². The van der Waals surface area contributed by atoms with Crippen LogP contribution < -0.4 is 0 Å². The second-order valence-corrected chi connectivity index (χ2v) is 5.82. The van der Waals surface area contributed by atoms with Gasteiger partial charge < -0.3 is 14.5 Å². The summed E-state index contributed by atoms with van der Waals surface area (Å²) in [7, 11) is -4.19. The molecule has 0 spiro atoms. The van der Waals surface area contributed by atoms with E-state index in [0.29, 0.717) is 19.4 Å². The number of hydrogen-bond acceptors (Lipinski definition) is 3. The summed E-state index contributed by atoms with van der Waals surface area (Å²) in [6.07, 6.45) is 0.935. The van der Waals surface area contributed by atoms with E-state index in [9.17, 15) is 19.1 Å². The fourth-order valence-corrected chi connectivity index (χ4v) is 2.96. The molecule has 0 aliphatic carbocycles. The van der Waals surface area contributed by atoms with Gasteiger partial charge >= 0.3 is 13.6 Å². The molecule has 0 aromatic rings. The van der Waals surface area contributed by atoms with Gasteiger partial charge in [0.2, 0.25) is 0 Å². The molecule has 0 atom stereocenters. The van der Waals surface area contributed by atoms with Crippen molar-refractivity contribution in [3.05, 3.63) is 0 Å². The van der Waals surface area contributed by atoms with Gasteiger partial charge in [-0.25, -0.2) is 0 Å². The van der Waals surface area contributed by atoms with Gasteiger partial charge in [0.15, 0.2) is 0 Å². The van der Waals surface area contributed by atoms with E-state index in [1.165, 1.54) is 0 Å². The SMILES string of the molecule is CCOC(=O)CCC(CC)(CC)P(=O)(O)O. The Morgan fingerprint density at radius 2 is 1.75 bits per heavy atom. The van der Waals surface area contributed by atoms with E-state index in [2.05, 4.69) is 0 Å². The number of hydrogen-bond donors (Lipinski definition) is 2. The molecule has 0 bridgehead atoms. The third-order valence-corrected chi connectivity index (χ3v) is 5.13. The minimum Gasteiger partial charge on any atom is -0.466 e. The molecule has 0 fully saturated rings. The van der Waals surface area contributed by atoms with Gasteiger partial charge in [0.25, 0.3) is 0 Å². The molecule has 0 aliphatic rings. The van der Waals surface area contributed by atoms with E-state index < -0.39 is 18.7 Å². The molecule has 0 radical (unpaired) electrons. The summed E-state index contributed by atoms with van der Waals surface area (Å²) in [6.45, 7) is 5.45. The normalized spacial score (nSPS) is 12.6. The number of rotatable bonds is 7. The van der Waals surface area contributed by atoms with Gasteiger partial charge in [0.05, 0.1) is 11.8 Å². The van der Waals surface area contributed by atoms with Crippen LogP contribution in [0, 0.1) is 0 Å². The first-order valence-corrected chi connectivity index (χ1v) is 7.15. The molecule has 0 unspecified atom stereocenters. The van der Waals surface area contributed by atoms with Crippen LogP contribution in [0.1, 0.15) is 46.5 Å². The maximum atomic E-state index is 11.4. The molecule has 0 saturated carbocycles. The largest absolute Gasteiger partial charge is 0.466 e. The predicted octanol–water partition coefficient (Wildman–Crippen LogP) is 2.07. The van der Waals surface area contributed by atoms with Gasteiger partial charge in [-0.1, -0.05) is 13.8 Å². The van der Waals surface area contributed by atoms with Gasteiger partial charge in [-0.2, -0.15) is 0 Å². The second kappa shape index (κ2) is 6.38. The zero-order chi connectivity index (χ0) is 12.8. The maximum Gasteiger partial charge on any atom is 0.331 e. The van der Waals surface area contributed by atoms with Crippen molar-refractivity contribution in [3.63, 3.8) is 0 Å². The van der Waals surface area contributed by atoms with Crippen LogP contribution >= 0.6 is 7.60 Å². The predicted molar refractivity (Wildman–Crippen MR) is 61.2 cm³/mol. The number of ether oxygens (including phenoxy) is 1.